The molecule has 0 radical (unpaired) electrons. The second-order valence-corrected chi connectivity index (χ2v) is 9.24. The van der Waals surface area contributed by atoms with E-state index in [1.807, 2.05) is 6.92 Å². The van der Waals surface area contributed by atoms with Gasteiger partial charge in [-0.25, -0.2) is 4.98 Å². The van der Waals surface area contributed by atoms with Crippen LogP contribution in [0.15, 0.2) is 24.5 Å². The van der Waals surface area contributed by atoms with Crippen LogP contribution in [0.1, 0.15) is 13.3 Å². The molecule has 10 nitrogen and oxygen atoms in total. The van der Waals surface area contributed by atoms with Crippen molar-refractivity contribution in [2.75, 3.05) is 6.61 Å². The molecule has 12 heteroatoms. The average molecular weight is 380 g/mol. The normalized spacial score (nSPS) is 13.4. The minimum Gasteiger partial charge on any atom is -0.494 e. The van der Waals surface area contributed by atoms with E-state index in [1.54, 1.807) is 12.1 Å². The number of imidazole rings is 1. The van der Waals surface area contributed by atoms with E-state index in [0.717, 1.165) is 17.3 Å². The highest BCUT2D eigenvalue weighted by Crippen LogP contribution is 2.68. The molecule has 0 saturated carbocycles. The molecule has 0 aliphatic heterocycles. The molecule has 0 saturated heterocycles. The van der Waals surface area contributed by atoms with Crippen molar-refractivity contribution in [3.63, 3.8) is 0 Å². The molecule has 0 amide bonds. The molecule has 2 aromatic rings. The van der Waals surface area contributed by atoms with Gasteiger partial charge in [-0.05, 0) is 18.6 Å². The van der Waals surface area contributed by atoms with Gasteiger partial charge in [0.15, 0.2) is 0 Å². The van der Waals surface area contributed by atoms with Gasteiger partial charge in [-0.2, -0.15) is 0 Å². The van der Waals surface area contributed by atoms with E-state index in [0.29, 0.717) is 23.4 Å². The quantitative estimate of drug-likeness (QED) is 0.438. The van der Waals surface area contributed by atoms with E-state index in [9.17, 15) is 33.8 Å². The summed E-state index contributed by atoms with van der Waals surface area (Å²) < 4.78 is 29.4. The first-order valence-electron chi connectivity index (χ1n) is 6.91. The number of benzene rings is 1. The fourth-order valence-electron chi connectivity index (χ4n) is 2.06. The molecule has 5 N–H and O–H groups in total. The molecule has 0 atom stereocenters. The Kier molecular flexibility index (Phi) is 5.22. The maximum Gasteiger partial charge on any atom is 0.371 e. The lowest BCUT2D eigenvalue weighted by molar-refractivity contribution is 0.116. The number of nitrogens with zero attached hydrogens (tertiary/aromatic N) is 2. The van der Waals surface area contributed by atoms with Crippen molar-refractivity contribution in [3.05, 3.63) is 24.5 Å². The molecular formula is C12H18N2O8P2. The first-order chi connectivity index (χ1) is 11.0. The second-order valence-electron chi connectivity index (χ2n) is 5.23. The van der Waals surface area contributed by atoms with Crippen molar-refractivity contribution in [1.29, 1.82) is 0 Å². The summed E-state index contributed by atoms with van der Waals surface area (Å²) in [6.45, 7) is 1.42. The van der Waals surface area contributed by atoms with Crippen LogP contribution >= 0.6 is 15.2 Å². The van der Waals surface area contributed by atoms with Crippen LogP contribution in [0.3, 0.4) is 0 Å². The molecule has 2 rings (SSSR count). The Morgan fingerprint density at radius 3 is 2.38 bits per heavy atom. The fraction of sp³-hybridized carbons (Fsp3) is 0.417. The molecule has 0 aliphatic carbocycles. The smallest absolute Gasteiger partial charge is 0.371 e. The SMILES string of the molecule is CCCOc1ccc2c(c1)ncn2CC(O)(P(=O)(O)O)P(=O)(O)O. The lowest BCUT2D eigenvalue weighted by atomic mass is 10.3. The van der Waals surface area contributed by atoms with Gasteiger partial charge >= 0.3 is 15.2 Å². The van der Waals surface area contributed by atoms with Crippen LogP contribution in [0.2, 0.25) is 0 Å². The second kappa shape index (κ2) is 6.57. The molecule has 0 fully saturated rings. The van der Waals surface area contributed by atoms with Gasteiger partial charge in [0.1, 0.15) is 5.75 Å². The Labute approximate surface area is 137 Å². The maximum atomic E-state index is 11.4. The van der Waals surface area contributed by atoms with Crippen molar-refractivity contribution < 1.29 is 38.5 Å². The molecule has 0 bridgehead atoms. The monoisotopic (exact) mass is 380 g/mol. The minimum absolute atomic E-state index is 0.333. The van der Waals surface area contributed by atoms with E-state index >= 15 is 0 Å². The molecule has 1 aromatic heterocycles. The van der Waals surface area contributed by atoms with Gasteiger partial charge in [0.05, 0.1) is 30.5 Å². The van der Waals surface area contributed by atoms with Crippen molar-refractivity contribution in [2.24, 2.45) is 0 Å². The summed E-state index contributed by atoms with van der Waals surface area (Å²) in [5.41, 5.74) is 0.724. The number of hydrogen-bond acceptors (Lipinski definition) is 5. The topological polar surface area (TPSA) is 162 Å². The summed E-state index contributed by atoms with van der Waals surface area (Å²) in [7, 11) is -11.1. The fourth-order valence-corrected chi connectivity index (χ4v) is 4.09. The Hall–Kier alpha value is -1.25. The van der Waals surface area contributed by atoms with Crippen LogP contribution in [0.25, 0.3) is 11.0 Å². The summed E-state index contributed by atoms with van der Waals surface area (Å²) in [6.07, 6.45) is 1.94. The summed E-state index contributed by atoms with van der Waals surface area (Å²) in [4.78, 5) is 40.8. The van der Waals surface area contributed by atoms with Crippen LogP contribution in [0.5, 0.6) is 5.75 Å². The average Bonchev–Trinajstić information content (AvgIpc) is 2.85. The third kappa shape index (κ3) is 3.55. The minimum atomic E-state index is -5.53. The standard InChI is InChI=1S/C12H18N2O8P2/c1-2-5-22-9-3-4-11-10(6-9)13-8-14(11)7-12(15,23(16,17)18)24(19,20)21/h3-4,6,8,15H,2,5,7H2,1H3,(H2,16,17,18)(H2,19,20,21). The molecule has 1 heterocycles. The highest BCUT2D eigenvalue weighted by atomic mass is 31.2. The van der Waals surface area contributed by atoms with Crippen LogP contribution < -0.4 is 4.74 Å². The molecule has 1 aromatic carbocycles. The third-order valence-electron chi connectivity index (χ3n) is 3.38. The number of rotatable bonds is 7. The van der Waals surface area contributed by atoms with E-state index in [2.05, 4.69) is 4.98 Å². The Balaban J connectivity index is 2.42. The summed E-state index contributed by atoms with van der Waals surface area (Å²) in [5, 5.41) is 6.45. The highest BCUT2D eigenvalue weighted by Gasteiger charge is 2.59. The van der Waals surface area contributed by atoms with E-state index in [-0.39, 0.29) is 0 Å². The van der Waals surface area contributed by atoms with Crippen molar-refractivity contribution in [3.8, 4) is 5.75 Å². The van der Waals surface area contributed by atoms with Gasteiger partial charge in [-0.3, -0.25) is 9.13 Å². The molecule has 0 unspecified atom stereocenters. The van der Waals surface area contributed by atoms with Gasteiger partial charge < -0.3 is 34.0 Å². The van der Waals surface area contributed by atoms with Crippen LogP contribution in [0.4, 0.5) is 0 Å². The zero-order chi connectivity index (χ0) is 18.2. The van der Waals surface area contributed by atoms with E-state index in [4.69, 9.17) is 4.74 Å². The van der Waals surface area contributed by atoms with Gasteiger partial charge in [-0.15, -0.1) is 0 Å². The number of fused-ring (bicyclic) bond motifs is 1. The molecular weight excluding hydrogens is 362 g/mol. The molecule has 0 spiro atoms. The Morgan fingerprint density at radius 1 is 1.21 bits per heavy atom. The molecule has 0 aliphatic rings. The third-order valence-corrected chi connectivity index (χ3v) is 7.09. The predicted octanol–water partition coefficient (Wildman–Crippen LogP) is 0.827. The first-order valence-corrected chi connectivity index (χ1v) is 10.1. The van der Waals surface area contributed by atoms with Gasteiger partial charge in [0.25, 0.3) is 5.08 Å². The Bertz CT molecular complexity index is 802. The van der Waals surface area contributed by atoms with Gasteiger partial charge in [0.2, 0.25) is 0 Å². The van der Waals surface area contributed by atoms with Crippen LogP contribution in [-0.4, -0.2) is 45.9 Å². The first kappa shape index (κ1) is 19.1. The number of aromatic nitrogens is 2. The number of ether oxygens (including phenoxy) is 1. The lowest BCUT2D eigenvalue weighted by Crippen LogP contribution is -2.33. The summed E-state index contributed by atoms with van der Waals surface area (Å²) in [5.74, 6) is 0.537. The zero-order valence-corrected chi connectivity index (χ0v) is 14.5. The van der Waals surface area contributed by atoms with Gasteiger partial charge in [0, 0.05) is 6.07 Å². The van der Waals surface area contributed by atoms with Crippen molar-refractivity contribution in [2.45, 2.75) is 25.0 Å². The zero-order valence-electron chi connectivity index (χ0n) is 12.7. The van der Waals surface area contributed by atoms with Gasteiger partial charge in [-0.1, -0.05) is 6.92 Å². The Morgan fingerprint density at radius 2 is 1.83 bits per heavy atom. The van der Waals surface area contributed by atoms with E-state index in [1.165, 1.54) is 6.07 Å². The maximum absolute atomic E-state index is 11.4. The predicted molar refractivity (Wildman–Crippen MR) is 84.6 cm³/mol. The molecule has 24 heavy (non-hydrogen) atoms. The largest absolute Gasteiger partial charge is 0.494 e. The summed E-state index contributed by atoms with van der Waals surface area (Å²) >= 11 is 0. The summed E-state index contributed by atoms with van der Waals surface area (Å²) in [6, 6.07) is 4.69. The van der Waals surface area contributed by atoms with Crippen molar-refractivity contribution >= 4 is 26.2 Å². The number of hydrogen-bond donors (Lipinski definition) is 5. The van der Waals surface area contributed by atoms with Crippen LogP contribution in [-0.2, 0) is 15.7 Å². The number of aliphatic hydroxyl groups is 1. The van der Waals surface area contributed by atoms with Crippen molar-refractivity contribution in [1.82, 2.24) is 9.55 Å². The highest BCUT2D eigenvalue weighted by molar-refractivity contribution is 7.72. The molecule has 134 valence electrons. The lowest BCUT2D eigenvalue weighted by Gasteiger charge is -2.29. The van der Waals surface area contributed by atoms with E-state index < -0.39 is 26.8 Å². The van der Waals surface area contributed by atoms with Crippen LogP contribution in [0, 0.1) is 0 Å².